The van der Waals surface area contributed by atoms with E-state index in [2.05, 4.69) is 15.3 Å². The summed E-state index contributed by atoms with van der Waals surface area (Å²) in [4.78, 5) is 17.8. The van der Waals surface area contributed by atoms with E-state index in [1.54, 1.807) is 19.1 Å². The molecule has 1 aliphatic heterocycles. The molecular weight excluding hydrogens is 221 g/mol. The number of nitrogens with one attached hydrogen (secondary N) is 2. The molecule has 1 aliphatic rings. The number of hydrogen-bond acceptors (Lipinski definition) is 2. The molecule has 86 valence electrons. The summed E-state index contributed by atoms with van der Waals surface area (Å²) in [5.41, 5.74) is 2.76. The second-order valence-corrected chi connectivity index (χ2v) is 4.08. The Morgan fingerprint density at radius 1 is 1.41 bits per heavy atom. The van der Waals surface area contributed by atoms with Crippen LogP contribution in [0.15, 0.2) is 18.2 Å². The molecule has 1 aromatic carbocycles. The highest BCUT2D eigenvalue weighted by Crippen LogP contribution is 2.29. The van der Waals surface area contributed by atoms with Crippen LogP contribution in [0.4, 0.5) is 10.1 Å². The molecule has 0 atom stereocenters. The number of amides is 1. The van der Waals surface area contributed by atoms with Crippen molar-refractivity contribution in [1.29, 1.82) is 0 Å². The highest BCUT2D eigenvalue weighted by atomic mass is 19.1. The normalized spacial score (nSPS) is 13.6. The first-order chi connectivity index (χ1) is 8.13. The van der Waals surface area contributed by atoms with Gasteiger partial charge >= 0.3 is 0 Å². The summed E-state index contributed by atoms with van der Waals surface area (Å²) in [7, 11) is 0. The molecule has 1 amide bonds. The van der Waals surface area contributed by atoms with Gasteiger partial charge in [0.15, 0.2) is 0 Å². The van der Waals surface area contributed by atoms with Crippen LogP contribution in [-0.2, 0) is 11.2 Å². The summed E-state index contributed by atoms with van der Waals surface area (Å²) < 4.78 is 13.5. The molecule has 0 aliphatic carbocycles. The van der Waals surface area contributed by atoms with Crippen LogP contribution in [0.2, 0.25) is 0 Å². The molecule has 0 spiro atoms. The number of halogens is 1. The predicted octanol–water partition coefficient (Wildman–Crippen LogP) is 2.02. The zero-order valence-electron chi connectivity index (χ0n) is 9.17. The molecule has 0 saturated carbocycles. The lowest BCUT2D eigenvalue weighted by Gasteiger charge is -2.02. The lowest BCUT2D eigenvalue weighted by Crippen LogP contribution is -2.03. The Morgan fingerprint density at radius 3 is 2.94 bits per heavy atom. The smallest absolute Gasteiger partial charge is 0.238 e. The Bertz CT molecular complexity index is 618. The number of H-pyrrole nitrogens is 1. The minimum atomic E-state index is -0.514. The zero-order valence-corrected chi connectivity index (χ0v) is 9.17. The maximum Gasteiger partial charge on any atom is 0.238 e. The van der Waals surface area contributed by atoms with Crippen LogP contribution in [0.3, 0.4) is 0 Å². The van der Waals surface area contributed by atoms with Crippen LogP contribution < -0.4 is 5.32 Å². The Morgan fingerprint density at radius 2 is 2.24 bits per heavy atom. The molecule has 2 heterocycles. The van der Waals surface area contributed by atoms with Crippen molar-refractivity contribution in [2.75, 3.05) is 5.32 Å². The summed E-state index contributed by atoms with van der Waals surface area (Å²) >= 11 is 0. The molecule has 0 unspecified atom stereocenters. The van der Waals surface area contributed by atoms with Gasteiger partial charge in [-0.15, -0.1) is 0 Å². The molecule has 4 nitrogen and oxygen atoms in total. The number of nitrogens with zero attached hydrogens (tertiary/aromatic N) is 1. The van der Waals surface area contributed by atoms with Gasteiger partial charge in [0.2, 0.25) is 11.9 Å². The van der Waals surface area contributed by atoms with E-state index in [1.165, 1.54) is 0 Å². The average Bonchev–Trinajstić information content (AvgIpc) is 2.78. The fourth-order valence-electron chi connectivity index (χ4n) is 2.04. The van der Waals surface area contributed by atoms with Crippen molar-refractivity contribution in [3.63, 3.8) is 0 Å². The minimum Gasteiger partial charge on any atom is -0.340 e. The number of rotatable bonds is 1. The summed E-state index contributed by atoms with van der Waals surface area (Å²) in [6, 6.07) is 5.36. The number of fused-ring (bicyclic) bond motifs is 1. The highest BCUT2D eigenvalue weighted by Gasteiger charge is 2.19. The molecule has 2 N–H and O–H groups in total. The van der Waals surface area contributed by atoms with Crippen LogP contribution >= 0.6 is 0 Å². The summed E-state index contributed by atoms with van der Waals surface area (Å²) in [5, 5.41) is 2.74. The second-order valence-electron chi connectivity index (χ2n) is 4.08. The Hall–Kier alpha value is -2.17. The predicted molar refractivity (Wildman–Crippen MR) is 61.1 cm³/mol. The van der Waals surface area contributed by atoms with Crippen molar-refractivity contribution in [3.8, 4) is 11.3 Å². The van der Waals surface area contributed by atoms with Crippen molar-refractivity contribution >= 4 is 11.6 Å². The molecule has 1 aromatic heterocycles. The summed E-state index contributed by atoms with van der Waals surface area (Å²) in [5.74, 6) is -0.00894. The zero-order chi connectivity index (χ0) is 12.0. The lowest BCUT2D eigenvalue weighted by atomic mass is 10.1. The number of aryl methyl sites for hydroxylation is 1. The van der Waals surface area contributed by atoms with Gasteiger partial charge in [0.25, 0.3) is 0 Å². The highest BCUT2D eigenvalue weighted by molar-refractivity contribution is 5.99. The van der Waals surface area contributed by atoms with Crippen molar-refractivity contribution in [1.82, 2.24) is 9.97 Å². The van der Waals surface area contributed by atoms with Gasteiger partial charge in [-0.3, -0.25) is 4.79 Å². The molecule has 0 radical (unpaired) electrons. The number of carbonyl (C=O) groups is 1. The van der Waals surface area contributed by atoms with E-state index >= 15 is 0 Å². The van der Waals surface area contributed by atoms with Gasteiger partial charge in [-0.25, -0.2) is 4.98 Å². The number of aromatic amines is 1. The van der Waals surface area contributed by atoms with Crippen molar-refractivity contribution in [2.24, 2.45) is 0 Å². The third-order valence-electron chi connectivity index (χ3n) is 2.80. The largest absolute Gasteiger partial charge is 0.340 e. The maximum absolute atomic E-state index is 13.5. The van der Waals surface area contributed by atoms with Gasteiger partial charge in [-0.1, -0.05) is 6.07 Å². The van der Waals surface area contributed by atoms with Crippen LogP contribution in [0.1, 0.15) is 11.4 Å². The van der Waals surface area contributed by atoms with E-state index in [-0.39, 0.29) is 5.91 Å². The van der Waals surface area contributed by atoms with Crippen molar-refractivity contribution < 1.29 is 9.18 Å². The fourth-order valence-corrected chi connectivity index (χ4v) is 2.04. The van der Waals surface area contributed by atoms with Crippen molar-refractivity contribution in [3.05, 3.63) is 35.5 Å². The maximum atomic E-state index is 13.5. The van der Waals surface area contributed by atoms with E-state index in [1.807, 2.05) is 6.07 Å². The average molecular weight is 231 g/mol. The Labute approximate surface area is 96.9 Å². The first-order valence-electron chi connectivity index (χ1n) is 5.29. The molecular formula is C12H10FN3O. The van der Waals surface area contributed by atoms with Gasteiger partial charge in [0.1, 0.15) is 11.5 Å². The van der Waals surface area contributed by atoms with Gasteiger partial charge in [0, 0.05) is 11.3 Å². The second kappa shape index (κ2) is 3.41. The Balaban J connectivity index is 2.09. The van der Waals surface area contributed by atoms with E-state index in [9.17, 15) is 9.18 Å². The molecule has 17 heavy (non-hydrogen) atoms. The van der Waals surface area contributed by atoms with E-state index in [0.29, 0.717) is 23.5 Å². The monoisotopic (exact) mass is 231 g/mol. The van der Waals surface area contributed by atoms with Gasteiger partial charge < -0.3 is 10.3 Å². The SMILES string of the molecule is Cc1nc(F)c(-c2ccc3c(c2)CC(=O)N3)[nH]1. The van der Waals surface area contributed by atoms with Crippen LogP contribution in [-0.4, -0.2) is 15.9 Å². The van der Waals surface area contributed by atoms with Crippen LogP contribution in [0, 0.1) is 12.9 Å². The van der Waals surface area contributed by atoms with Gasteiger partial charge in [-0.05, 0) is 24.6 Å². The number of aromatic nitrogens is 2. The van der Waals surface area contributed by atoms with E-state index in [0.717, 1.165) is 11.3 Å². The number of benzene rings is 1. The standard InChI is InChI=1S/C12H10FN3O/c1-6-14-11(12(13)15-6)7-2-3-9-8(4-7)5-10(17)16-9/h2-4H,5H2,1H3,(H,14,15)(H,16,17). The molecule has 0 bridgehead atoms. The van der Waals surface area contributed by atoms with Gasteiger partial charge in [-0.2, -0.15) is 4.39 Å². The Kier molecular flexibility index (Phi) is 2.01. The topological polar surface area (TPSA) is 57.8 Å². The third-order valence-corrected chi connectivity index (χ3v) is 2.80. The number of carbonyl (C=O) groups excluding carboxylic acids is 1. The summed E-state index contributed by atoms with van der Waals surface area (Å²) in [6.07, 6.45) is 0.345. The van der Waals surface area contributed by atoms with Crippen LogP contribution in [0.25, 0.3) is 11.3 Å². The van der Waals surface area contributed by atoms with Gasteiger partial charge in [0.05, 0.1) is 6.42 Å². The molecule has 2 aromatic rings. The minimum absolute atomic E-state index is 0.0292. The lowest BCUT2D eigenvalue weighted by molar-refractivity contribution is -0.115. The van der Waals surface area contributed by atoms with E-state index in [4.69, 9.17) is 0 Å². The molecule has 5 heteroatoms. The molecule has 0 saturated heterocycles. The quantitative estimate of drug-likeness (QED) is 0.788. The number of hydrogen-bond donors (Lipinski definition) is 2. The first-order valence-corrected chi connectivity index (χ1v) is 5.29. The third kappa shape index (κ3) is 1.60. The van der Waals surface area contributed by atoms with Crippen LogP contribution in [0.5, 0.6) is 0 Å². The molecule has 0 fully saturated rings. The van der Waals surface area contributed by atoms with Crippen molar-refractivity contribution in [2.45, 2.75) is 13.3 Å². The number of imidazole rings is 1. The summed E-state index contributed by atoms with van der Waals surface area (Å²) in [6.45, 7) is 1.70. The fraction of sp³-hybridized carbons (Fsp3) is 0.167. The number of anilines is 1. The first kappa shape index (κ1) is 10.0. The van der Waals surface area contributed by atoms with E-state index < -0.39 is 5.95 Å². The molecule has 3 rings (SSSR count).